The van der Waals surface area contributed by atoms with Crippen molar-refractivity contribution in [2.75, 3.05) is 7.11 Å². The van der Waals surface area contributed by atoms with Gasteiger partial charge in [-0.15, -0.1) is 0 Å². The lowest BCUT2D eigenvalue weighted by atomic mass is 10.1. The number of sulfone groups is 1. The van der Waals surface area contributed by atoms with Gasteiger partial charge in [0.1, 0.15) is 10.6 Å². The summed E-state index contributed by atoms with van der Waals surface area (Å²) in [5, 5.41) is -0.494. The summed E-state index contributed by atoms with van der Waals surface area (Å²) in [7, 11) is -1.94. The van der Waals surface area contributed by atoms with Crippen molar-refractivity contribution in [1.82, 2.24) is 0 Å². The summed E-state index contributed by atoms with van der Waals surface area (Å²) in [5.41, 5.74) is 6.07. The lowest BCUT2D eigenvalue weighted by Crippen LogP contribution is -2.39. The van der Waals surface area contributed by atoms with E-state index in [-0.39, 0.29) is 10.9 Å². The van der Waals surface area contributed by atoms with Crippen molar-refractivity contribution in [1.29, 1.82) is 0 Å². The monoisotopic (exact) mass is 283 g/mol. The molecule has 0 amide bonds. The van der Waals surface area contributed by atoms with E-state index in [2.05, 4.69) is 0 Å². The molecule has 2 atom stereocenters. The van der Waals surface area contributed by atoms with Crippen LogP contribution < -0.4 is 10.5 Å². The van der Waals surface area contributed by atoms with Crippen molar-refractivity contribution in [3.63, 3.8) is 0 Å². The summed E-state index contributed by atoms with van der Waals surface area (Å²) in [4.78, 5) is 0.264. The number of hydrogen-bond donors (Lipinski definition) is 1. The Hall–Kier alpha value is -1.07. The molecule has 0 radical (unpaired) electrons. The van der Waals surface area contributed by atoms with E-state index in [0.29, 0.717) is 12.2 Å². The molecule has 5 heteroatoms. The number of nitrogens with two attached hydrogens (primary N) is 1. The highest BCUT2D eigenvalue weighted by atomic mass is 32.2. The van der Waals surface area contributed by atoms with Crippen LogP contribution in [0.25, 0.3) is 0 Å². The maximum Gasteiger partial charge on any atom is 0.186 e. The summed E-state index contributed by atoms with van der Waals surface area (Å²) in [6.45, 7) is 0. The maximum absolute atomic E-state index is 12.8. The van der Waals surface area contributed by atoms with E-state index in [4.69, 9.17) is 10.5 Å². The number of rotatable bonds is 3. The topological polar surface area (TPSA) is 69.4 Å². The molecule has 0 spiro atoms. The summed E-state index contributed by atoms with van der Waals surface area (Å²) < 4.78 is 30.7. The van der Waals surface area contributed by atoms with E-state index >= 15 is 0 Å². The number of methoxy groups -OCH3 is 1. The molecule has 1 aromatic rings. The smallest absolute Gasteiger partial charge is 0.186 e. The Morgan fingerprint density at radius 3 is 2.58 bits per heavy atom. The van der Waals surface area contributed by atoms with E-state index in [1.54, 1.807) is 24.3 Å². The van der Waals surface area contributed by atoms with Crippen LogP contribution in [-0.2, 0) is 9.84 Å². The van der Waals surface area contributed by atoms with Gasteiger partial charge in [0.2, 0.25) is 0 Å². The molecule has 0 aromatic heterocycles. The Bertz CT molecular complexity index is 527. The molecule has 2 rings (SSSR count). The van der Waals surface area contributed by atoms with Gasteiger partial charge in [0.15, 0.2) is 9.84 Å². The Balaban J connectivity index is 2.40. The van der Waals surface area contributed by atoms with Gasteiger partial charge in [-0.2, -0.15) is 0 Å². The number of ether oxygens (including phenoxy) is 1. The lowest BCUT2D eigenvalue weighted by molar-refractivity contribution is 0.401. The number of hydrogen-bond acceptors (Lipinski definition) is 4. The summed E-state index contributed by atoms with van der Waals surface area (Å²) >= 11 is 0. The molecule has 106 valence electrons. The third-order valence-electron chi connectivity index (χ3n) is 3.78. The average molecular weight is 283 g/mol. The molecule has 0 saturated heterocycles. The summed E-state index contributed by atoms with van der Waals surface area (Å²) in [5.74, 6) is 0.402. The zero-order valence-electron chi connectivity index (χ0n) is 11.2. The summed E-state index contributed by atoms with van der Waals surface area (Å²) in [6.07, 6.45) is 4.41. The Labute approximate surface area is 114 Å². The highest BCUT2D eigenvalue weighted by Gasteiger charge is 2.35. The second-order valence-corrected chi connectivity index (χ2v) is 7.17. The minimum atomic E-state index is -3.43. The van der Waals surface area contributed by atoms with E-state index in [0.717, 1.165) is 25.7 Å². The number of benzene rings is 1. The minimum absolute atomic E-state index is 0.264. The van der Waals surface area contributed by atoms with Crippen molar-refractivity contribution < 1.29 is 13.2 Å². The van der Waals surface area contributed by atoms with E-state index in [1.165, 1.54) is 7.11 Å². The molecule has 0 aliphatic heterocycles. The quantitative estimate of drug-likeness (QED) is 0.863. The first-order valence-electron chi connectivity index (χ1n) is 6.70. The average Bonchev–Trinajstić information content (AvgIpc) is 2.63. The van der Waals surface area contributed by atoms with Crippen LogP contribution in [0.3, 0.4) is 0 Å². The molecule has 2 unspecified atom stereocenters. The van der Waals surface area contributed by atoms with Gasteiger partial charge in [-0.25, -0.2) is 8.42 Å². The van der Waals surface area contributed by atoms with Crippen LogP contribution in [0, 0.1) is 0 Å². The van der Waals surface area contributed by atoms with E-state index in [9.17, 15) is 8.42 Å². The highest BCUT2D eigenvalue weighted by Crippen LogP contribution is 2.32. The lowest BCUT2D eigenvalue weighted by Gasteiger charge is -2.22. The first kappa shape index (κ1) is 14.3. The van der Waals surface area contributed by atoms with Crippen LogP contribution >= 0.6 is 0 Å². The second kappa shape index (κ2) is 5.92. The van der Waals surface area contributed by atoms with Gasteiger partial charge in [0, 0.05) is 6.04 Å². The number of para-hydroxylation sites is 1. The zero-order valence-corrected chi connectivity index (χ0v) is 12.0. The molecule has 1 aliphatic rings. The fourth-order valence-electron chi connectivity index (χ4n) is 2.70. The molecule has 1 aromatic carbocycles. The van der Waals surface area contributed by atoms with Crippen LogP contribution in [0.2, 0.25) is 0 Å². The first-order chi connectivity index (χ1) is 9.07. The van der Waals surface area contributed by atoms with Crippen molar-refractivity contribution in [2.24, 2.45) is 5.73 Å². The van der Waals surface area contributed by atoms with Gasteiger partial charge >= 0.3 is 0 Å². The fourth-order valence-corrected chi connectivity index (χ4v) is 4.80. The van der Waals surface area contributed by atoms with E-state index in [1.807, 2.05) is 0 Å². The molecular weight excluding hydrogens is 262 g/mol. The Morgan fingerprint density at radius 1 is 1.16 bits per heavy atom. The molecule has 1 saturated carbocycles. The normalized spacial score (nSPS) is 24.7. The third-order valence-corrected chi connectivity index (χ3v) is 6.11. The summed E-state index contributed by atoms with van der Waals surface area (Å²) in [6, 6.07) is 6.49. The fraction of sp³-hybridized carbons (Fsp3) is 0.571. The third kappa shape index (κ3) is 2.92. The van der Waals surface area contributed by atoms with Gasteiger partial charge in [-0.05, 0) is 25.0 Å². The van der Waals surface area contributed by atoms with Crippen molar-refractivity contribution in [2.45, 2.75) is 48.3 Å². The Kier molecular flexibility index (Phi) is 4.47. The second-order valence-electron chi connectivity index (χ2n) is 5.04. The predicted molar refractivity (Wildman–Crippen MR) is 75.0 cm³/mol. The van der Waals surface area contributed by atoms with Gasteiger partial charge in [0.25, 0.3) is 0 Å². The highest BCUT2D eigenvalue weighted by molar-refractivity contribution is 7.92. The van der Waals surface area contributed by atoms with Crippen LogP contribution in [0.1, 0.15) is 32.1 Å². The molecule has 1 aliphatic carbocycles. The van der Waals surface area contributed by atoms with Gasteiger partial charge in [0.05, 0.1) is 12.4 Å². The molecule has 19 heavy (non-hydrogen) atoms. The molecule has 0 heterocycles. The van der Waals surface area contributed by atoms with Gasteiger partial charge < -0.3 is 10.5 Å². The van der Waals surface area contributed by atoms with Crippen LogP contribution in [0.5, 0.6) is 5.75 Å². The zero-order chi connectivity index (χ0) is 13.9. The van der Waals surface area contributed by atoms with Crippen LogP contribution in [-0.4, -0.2) is 26.8 Å². The SMILES string of the molecule is COc1ccccc1S(=O)(=O)C1CCCCCC1N. The molecule has 0 bridgehead atoms. The predicted octanol–water partition coefficient (Wildman–Crippen LogP) is 2.13. The molecule has 2 N–H and O–H groups in total. The largest absolute Gasteiger partial charge is 0.495 e. The molecule has 4 nitrogen and oxygen atoms in total. The van der Waals surface area contributed by atoms with Gasteiger partial charge in [-0.1, -0.05) is 31.4 Å². The van der Waals surface area contributed by atoms with Gasteiger partial charge in [-0.3, -0.25) is 0 Å². The first-order valence-corrected chi connectivity index (χ1v) is 8.24. The van der Waals surface area contributed by atoms with Crippen molar-refractivity contribution >= 4 is 9.84 Å². The van der Waals surface area contributed by atoms with Crippen LogP contribution in [0.4, 0.5) is 0 Å². The van der Waals surface area contributed by atoms with Crippen molar-refractivity contribution in [3.05, 3.63) is 24.3 Å². The van der Waals surface area contributed by atoms with E-state index < -0.39 is 15.1 Å². The standard InChI is InChI=1S/C14H21NO3S/c1-18-12-8-5-6-10-14(12)19(16,17)13-9-4-2-3-7-11(13)15/h5-6,8,10-11,13H,2-4,7,9,15H2,1H3. The van der Waals surface area contributed by atoms with Crippen LogP contribution in [0.15, 0.2) is 29.2 Å². The molecule has 1 fully saturated rings. The maximum atomic E-state index is 12.8. The minimum Gasteiger partial charge on any atom is -0.495 e. The Morgan fingerprint density at radius 2 is 1.84 bits per heavy atom. The molecular formula is C14H21NO3S. The van der Waals surface area contributed by atoms with Crippen molar-refractivity contribution in [3.8, 4) is 5.75 Å².